The molecular weight excluding hydrogens is 418 g/mol. The second kappa shape index (κ2) is 6.49. The average Bonchev–Trinajstić information content (AvgIpc) is 2.99. The number of hydrogen-bond acceptors (Lipinski definition) is 4. The molecule has 0 aliphatic rings. The Morgan fingerprint density at radius 2 is 1.69 bits per heavy atom. The van der Waals surface area contributed by atoms with Crippen LogP contribution in [0.25, 0.3) is 16.9 Å². The van der Waals surface area contributed by atoms with Crippen LogP contribution in [0.5, 0.6) is 0 Å². The van der Waals surface area contributed by atoms with E-state index in [-0.39, 0.29) is 10.4 Å². The average molecular weight is 427 g/mol. The first-order chi connectivity index (χ1) is 13.2. The lowest BCUT2D eigenvalue weighted by molar-refractivity contribution is -0.287. The van der Waals surface area contributed by atoms with Crippen molar-refractivity contribution in [2.45, 2.75) is 31.7 Å². The minimum atomic E-state index is -5.89. The Morgan fingerprint density at radius 1 is 1.03 bits per heavy atom. The first-order valence-corrected chi connectivity index (χ1v) is 7.65. The number of aryl methyl sites for hydroxylation is 1. The third kappa shape index (κ3) is 3.78. The standard InChI is InChI=1S/C15H9F8N5O/c1-7-2-3-28-11(29)9(10(14(18,19)20)26-12(28)25-7)8-4-24-27(5-8)6-13(16,17)15(21,22)23/h2-5H,6H2,1H3. The zero-order valence-electron chi connectivity index (χ0n) is 14.2. The number of nitrogens with zero attached hydrogens (tertiary/aromatic N) is 5. The maximum atomic E-state index is 13.4. The molecule has 0 saturated heterocycles. The Morgan fingerprint density at radius 3 is 2.28 bits per heavy atom. The summed E-state index contributed by atoms with van der Waals surface area (Å²) in [6.07, 6.45) is -8.84. The Bertz CT molecular complexity index is 1130. The van der Waals surface area contributed by atoms with Gasteiger partial charge in [-0.1, -0.05) is 0 Å². The third-order valence-electron chi connectivity index (χ3n) is 3.80. The second-order valence-corrected chi connectivity index (χ2v) is 6.01. The normalized spacial score (nSPS) is 13.3. The summed E-state index contributed by atoms with van der Waals surface area (Å²) in [5.41, 5.74) is -4.30. The van der Waals surface area contributed by atoms with Crippen LogP contribution in [-0.4, -0.2) is 36.2 Å². The summed E-state index contributed by atoms with van der Waals surface area (Å²) in [5, 5.41) is 3.23. The highest BCUT2D eigenvalue weighted by atomic mass is 19.4. The van der Waals surface area contributed by atoms with E-state index in [2.05, 4.69) is 15.1 Å². The molecule has 0 spiro atoms. The van der Waals surface area contributed by atoms with Crippen LogP contribution in [0.3, 0.4) is 0 Å². The molecule has 29 heavy (non-hydrogen) atoms. The van der Waals surface area contributed by atoms with Crippen LogP contribution in [0.1, 0.15) is 11.4 Å². The van der Waals surface area contributed by atoms with Crippen LogP contribution >= 0.6 is 0 Å². The smallest absolute Gasteiger partial charge is 0.268 e. The molecule has 0 unspecified atom stereocenters. The molecule has 3 aromatic rings. The molecule has 3 rings (SSSR count). The van der Waals surface area contributed by atoms with Gasteiger partial charge in [0.1, 0.15) is 6.54 Å². The molecule has 0 radical (unpaired) electrons. The van der Waals surface area contributed by atoms with Gasteiger partial charge in [-0.3, -0.25) is 13.9 Å². The second-order valence-electron chi connectivity index (χ2n) is 6.01. The highest BCUT2D eigenvalue weighted by Gasteiger charge is 2.57. The monoisotopic (exact) mass is 427 g/mol. The van der Waals surface area contributed by atoms with Crippen LogP contribution in [-0.2, 0) is 12.7 Å². The SMILES string of the molecule is Cc1ccn2c(=O)c(-c3cnn(CC(F)(F)C(F)(F)F)c3)c(C(F)(F)F)nc2n1. The fraction of sp³-hybridized carbons (Fsp3) is 0.333. The number of rotatable bonds is 3. The first-order valence-electron chi connectivity index (χ1n) is 7.65. The number of fused-ring (bicyclic) bond motifs is 1. The largest absolute Gasteiger partial charge is 0.455 e. The quantitative estimate of drug-likeness (QED) is 0.601. The van der Waals surface area contributed by atoms with Crippen molar-refractivity contribution in [2.75, 3.05) is 0 Å². The van der Waals surface area contributed by atoms with E-state index in [0.717, 1.165) is 6.20 Å². The lowest BCUT2D eigenvalue weighted by atomic mass is 10.1. The van der Waals surface area contributed by atoms with Crippen molar-refractivity contribution < 1.29 is 35.1 Å². The van der Waals surface area contributed by atoms with Gasteiger partial charge >= 0.3 is 18.3 Å². The van der Waals surface area contributed by atoms with Crippen LogP contribution < -0.4 is 5.56 Å². The molecule has 0 amide bonds. The van der Waals surface area contributed by atoms with Crippen molar-refractivity contribution in [2.24, 2.45) is 0 Å². The Hall–Kier alpha value is -3.06. The summed E-state index contributed by atoms with van der Waals surface area (Å²) in [5.74, 6) is -5.73. The lowest BCUT2D eigenvalue weighted by Gasteiger charge is -2.19. The van der Waals surface area contributed by atoms with Gasteiger partial charge in [-0.15, -0.1) is 0 Å². The molecule has 3 aromatic heterocycles. The Labute approximate surface area is 155 Å². The molecule has 0 fully saturated rings. The minimum Gasteiger partial charge on any atom is -0.268 e. The predicted molar refractivity (Wildman–Crippen MR) is 81.2 cm³/mol. The van der Waals surface area contributed by atoms with Gasteiger partial charge in [0.25, 0.3) is 5.56 Å². The first kappa shape index (κ1) is 20.7. The number of halogens is 8. The van der Waals surface area contributed by atoms with E-state index in [1.165, 1.54) is 13.0 Å². The summed E-state index contributed by atoms with van der Waals surface area (Å²) in [6.45, 7) is -0.515. The van der Waals surface area contributed by atoms with Crippen LogP contribution in [0.2, 0.25) is 0 Å². The van der Waals surface area contributed by atoms with Crippen molar-refractivity contribution in [1.82, 2.24) is 24.1 Å². The van der Waals surface area contributed by atoms with E-state index in [9.17, 15) is 39.9 Å². The molecule has 14 heteroatoms. The predicted octanol–water partition coefficient (Wildman–Crippen LogP) is 3.48. The van der Waals surface area contributed by atoms with E-state index in [1.54, 1.807) is 0 Å². The number of hydrogen-bond donors (Lipinski definition) is 0. The van der Waals surface area contributed by atoms with E-state index in [1.807, 2.05) is 0 Å². The number of alkyl halides is 8. The molecule has 0 bridgehead atoms. The summed E-state index contributed by atoms with van der Waals surface area (Å²) < 4.78 is 104. The van der Waals surface area contributed by atoms with Crippen molar-refractivity contribution in [3.05, 3.63) is 46.4 Å². The molecule has 3 heterocycles. The zero-order valence-corrected chi connectivity index (χ0v) is 14.2. The van der Waals surface area contributed by atoms with Crippen molar-refractivity contribution in [3.63, 3.8) is 0 Å². The molecular formula is C15H9F8N5O. The van der Waals surface area contributed by atoms with Gasteiger partial charge in [0, 0.05) is 23.7 Å². The molecule has 0 saturated carbocycles. The molecule has 0 aliphatic heterocycles. The minimum absolute atomic E-state index is 0.102. The van der Waals surface area contributed by atoms with Crippen molar-refractivity contribution >= 4 is 5.78 Å². The summed E-state index contributed by atoms with van der Waals surface area (Å²) in [6, 6.07) is 1.32. The summed E-state index contributed by atoms with van der Waals surface area (Å²) >= 11 is 0. The maximum Gasteiger partial charge on any atom is 0.455 e. The molecule has 0 aromatic carbocycles. The van der Waals surface area contributed by atoms with Crippen LogP contribution in [0.4, 0.5) is 35.1 Å². The van der Waals surface area contributed by atoms with Gasteiger partial charge in [0.2, 0.25) is 5.78 Å². The molecule has 0 aliphatic carbocycles. The van der Waals surface area contributed by atoms with E-state index < -0.39 is 53.0 Å². The van der Waals surface area contributed by atoms with E-state index in [4.69, 9.17) is 0 Å². The maximum absolute atomic E-state index is 13.4. The van der Waals surface area contributed by atoms with Crippen LogP contribution in [0, 0.1) is 6.92 Å². The highest BCUT2D eigenvalue weighted by Crippen LogP contribution is 2.37. The van der Waals surface area contributed by atoms with Gasteiger partial charge < -0.3 is 0 Å². The molecule has 6 nitrogen and oxygen atoms in total. The fourth-order valence-electron chi connectivity index (χ4n) is 2.45. The van der Waals surface area contributed by atoms with E-state index >= 15 is 0 Å². The van der Waals surface area contributed by atoms with Gasteiger partial charge in [0.05, 0.1) is 11.8 Å². The molecule has 0 atom stereocenters. The van der Waals surface area contributed by atoms with Gasteiger partial charge in [0.15, 0.2) is 5.69 Å². The van der Waals surface area contributed by atoms with Crippen molar-refractivity contribution in [1.29, 1.82) is 0 Å². The lowest BCUT2D eigenvalue weighted by Crippen LogP contribution is -2.40. The molecule has 156 valence electrons. The molecule has 0 N–H and O–H groups in total. The van der Waals surface area contributed by atoms with Gasteiger partial charge in [-0.2, -0.15) is 40.2 Å². The van der Waals surface area contributed by atoms with E-state index in [0.29, 0.717) is 16.8 Å². The van der Waals surface area contributed by atoms with Crippen LogP contribution in [0.15, 0.2) is 29.5 Å². The van der Waals surface area contributed by atoms with Gasteiger partial charge in [-0.25, -0.2) is 9.97 Å². The van der Waals surface area contributed by atoms with Crippen molar-refractivity contribution in [3.8, 4) is 11.1 Å². The summed E-state index contributed by atoms with van der Waals surface area (Å²) in [7, 11) is 0. The topological polar surface area (TPSA) is 65.1 Å². The Kier molecular flexibility index (Phi) is 4.62. The zero-order chi connectivity index (χ0) is 21.8. The Balaban J connectivity index is 2.18. The fourth-order valence-corrected chi connectivity index (χ4v) is 2.45. The third-order valence-corrected chi connectivity index (χ3v) is 3.80. The highest BCUT2D eigenvalue weighted by molar-refractivity contribution is 5.65. The summed E-state index contributed by atoms with van der Waals surface area (Å²) in [4.78, 5) is 19.6. The van der Waals surface area contributed by atoms with Gasteiger partial charge in [-0.05, 0) is 13.0 Å². The number of aromatic nitrogens is 5.